The summed E-state index contributed by atoms with van der Waals surface area (Å²) in [7, 11) is 1.45. The summed E-state index contributed by atoms with van der Waals surface area (Å²) in [6.07, 6.45) is 4.39. The van der Waals surface area contributed by atoms with Crippen molar-refractivity contribution in [3.05, 3.63) is 29.6 Å². The zero-order valence-electron chi connectivity index (χ0n) is 14.0. The van der Waals surface area contributed by atoms with Gasteiger partial charge in [-0.15, -0.1) is 0 Å². The fourth-order valence-electron chi connectivity index (χ4n) is 3.89. The number of aliphatic hydroxyl groups is 1. The van der Waals surface area contributed by atoms with Crippen LogP contribution in [-0.4, -0.2) is 54.3 Å². The minimum atomic E-state index is -0.597. The van der Waals surface area contributed by atoms with Gasteiger partial charge in [0.2, 0.25) is 0 Å². The lowest BCUT2D eigenvalue weighted by molar-refractivity contribution is 0.00700. The number of amides is 1. The first-order chi connectivity index (χ1) is 11.6. The molecule has 1 aliphatic carbocycles. The van der Waals surface area contributed by atoms with Crippen molar-refractivity contribution in [3.63, 3.8) is 0 Å². The standard InChI is InChI=1S/C18H25FN2O3/c1-24-16-8-7-12(19)11-13(16)18(23)20-14-5-4-6-15(17(14)22)21-9-2-3-10-21/h7-8,11,14-15,17,22H,2-6,9-10H2,1H3,(H,20,23)/t14-,15-,17-/m1/s1. The van der Waals surface area contributed by atoms with Crippen LogP contribution in [0.3, 0.4) is 0 Å². The molecule has 1 aliphatic heterocycles. The van der Waals surface area contributed by atoms with E-state index in [0.717, 1.165) is 32.4 Å². The Hall–Kier alpha value is -1.66. The van der Waals surface area contributed by atoms with E-state index < -0.39 is 17.8 Å². The number of aliphatic hydroxyl groups excluding tert-OH is 1. The van der Waals surface area contributed by atoms with E-state index in [1.807, 2.05) is 0 Å². The maximum atomic E-state index is 13.5. The van der Waals surface area contributed by atoms with Crippen LogP contribution < -0.4 is 10.1 Å². The van der Waals surface area contributed by atoms with Crippen LogP contribution in [0.5, 0.6) is 5.75 Å². The molecule has 2 aliphatic rings. The Bertz CT molecular complexity index is 590. The molecule has 0 bridgehead atoms. The molecule has 0 spiro atoms. The predicted octanol–water partition coefficient (Wildman–Crippen LogP) is 1.94. The molecule has 6 heteroatoms. The Morgan fingerprint density at radius 2 is 2.04 bits per heavy atom. The van der Waals surface area contributed by atoms with Crippen molar-refractivity contribution < 1.29 is 19.0 Å². The van der Waals surface area contributed by atoms with E-state index in [-0.39, 0.29) is 17.6 Å². The Kier molecular flexibility index (Phi) is 5.36. The highest BCUT2D eigenvalue weighted by Gasteiger charge is 2.37. The molecule has 132 valence electrons. The lowest BCUT2D eigenvalue weighted by atomic mass is 9.87. The Morgan fingerprint density at radius 1 is 1.29 bits per heavy atom. The lowest BCUT2D eigenvalue weighted by Gasteiger charge is -2.40. The van der Waals surface area contributed by atoms with E-state index in [4.69, 9.17) is 4.74 Å². The highest BCUT2D eigenvalue weighted by molar-refractivity contribution is 5.97. The van der Waals surface area contributed by atoms with Crippen molar-refractivity contribution in [2.75, 3.05) is 20.2 Å². The summed E-state index contributed by atoms with van der Waals surface area (Å²) in [4.78, 5) is 14.9. The van der Waals surface area contributed by atoms with Crippen LogP contribution in [-0.2, 0) is 0 Å². The van der Waals surface area contributed by atoms with Gasteiger partial charge in [0.15, 0.2) is 0 Å². The quantitative estimate of drug-likeness (QED) is 0.882. The molecule has 0 aromatic heterocycles. The van der Waals surface area contributed by atoms with Crippen molar-refractivity contribution in [1.82, 2.24) is 10.2 Å². The van der Waals surface area contributed by atoms with Gasteiger partial charge in [-0.2, -0.15) is 0 Å². The summed E-state index contributed by atoms with van der Waals surface area (Å²) in [5.74, 6) is -0.562. The number of likely N-dealkylation sites (tertiary alicyclic amines) is 1. The largest absolute Gasteiger partial charge is 0.496 e. The van der Waals surface area contributed by atoms with Crippen molar-refractivity contribution in [3.8, 4) is 5.75 Å². The van der Waals surface area contributed by atoms with Gasteiger partial charge in [-0.05, 0) is 63.4 Å². The molecule has 1 heterocycles. The molecule has 0 radical (unpaired) electrons. The fourth-order valence-corrected chi connectivity index (χ4v) is 3.89. The zero-order chi connectivity index (χ0) is 17.1. The highest BCUT2D eigenvalue weighted by Crippen LogP contribution is 2.27. The van der Waals surface area contributed by atoms with Gasteiger partial charge in [0, 0.05) is 6.04 Å². The smallest absolute Gasteiger partial charge is 0.255 e. The van der Waals surface area contributed by atoms with E-state index >= 15 is 0 Å². The first kappa shape index (κ1) is 17.2. The van der Waals surface area contributed by atoms with Gasteiger partial charge in [-0.25, -0.2) is 4.39 Å². The van der Waals surface area contributed by atoms with Crippen LogP contribution >= 0.6 is 0 Å². The first-order valence-electron chi connectivity index (χ1n) is 8.66. The SMILES string of the molecule is COc1ccc(F)cc1C(=O)N[C@@H]1CCC[C@@H](N2CCCC2)[C@@H]1O. The van der Waals surface area contributed by atoms with Crippen molar-refractivity contribution in [2.24, 2.45) is 0 Å². The molecule has 5 nitrogen and oxygen atoms in total. The number of rotatable bonds is 4. The topological polar surface area (TPSA) is 61.8 Å². The summed E-state index contributed by atoms with van der Waals surface area (Å²) in [6, 6.07) is 3.65. The normalized spacial score (nSPS) is 27.9. The van der Waals surface area contributed by atoms with E-state index in [0.29, 0.717) is 5.75 Å². The number of methoxy groups -OCH3 is 1. The fraction of sp³-hybridized carbons (Fsp3) is 0.611. The predicted molar refractivity (Wildman–Crippen MR) is 88.7 cm³/mol. The average Bonchev–Trinajstić information content (AvgIpc) is 3.11. The molecular formula is C18H25FN2O3. The summed E-state index contributed by atoms with van der Waals surface area (Å²) in [5.41, 5.74) is 0.160. The molecular weight excluding hydrogens is 311 g/mol. The first-order valence-corrected chi connectivity index (χ1v) is 8.66. The molecule has 3 atom stereocenters. The highest BCUT2D eigenvalue weighted by atomic mass is 19.1. The molecule has 3 rings (SSSR count). The lowest BCUT2D eigenvalue weighted by Crippen LogP contribution is -2.56. The monoisotopic (exact) mass is 336 g/mol. The number of nitrogens with one attached hydrogen (secondary N) is 1. The molecule has 2 fully saturated rings. The number of hydrogen-bond donors (Lipinski definition) is 2. The number of carbonyl (C=O) groups excluding carboxylic acids is 1. The number of hydrogen-bond acceptors (Lipinski definition) is 4. The third-order valence-corrected chi connectivity index (χ3v) is 5.15. The summed E-state index contributed by atoms with van der Waals surface area (Å²) in [5, 5.41) is 13.6. The molecule has 1 saturated heterocycles. The number of nitrogens with zero attached hydrogens (tertiary/aromatic N) is 1. The summed E-state index contributed by atoms with van der Waals surface area (Å²) >= 11 is 0. The van der Waals surface area contributed by atoms with Crippen LogP contribution in [0.4, 0.5) is 4.39 Å². The van der Waals surface area contributed by atoms with E-state index in [1.165, 1.54) is 38.2 Å². The minimum absolute atomic E-state index is 0.0981. The molecule has 0 unspecified atom stereocenters. The average molecular weight is 336 g/mol. The minimum Gasteiger partial charge on any atom is -0.496 e. The van der Waals surface area contributed by atoms with Gasteiger partial charge in [-0.1, -0.05) is 0 Å². The number of benzene rings is 1. The van der Waals surface area contributed by atoms with Gasteiger partial charge < -0.3 is 15.2 Å². The van der Waals surface area contributed by atoms with E-state index in [2.05, 4.69) is 10.2 Å². The third-order valence-electron chi connectivity index (χ3n) is 5.15. The van der Waals surface area contributed by atoms with Crippen LogP contribution in [0.15, 0.2) is 18.2 Å². The Balaban J connectivity index is 1.70. The third kappa shape index (κ3) is 3.54. The van der Waals surface area contributed by atoms with E-state index in [9.17, 15) is 14.3 Å². The summed E-state index contributed by atoms with van der Waals surface area (Å²) < 4.78 is 18.6. The van der Waals surface area contributed by atoms with Crippen LogP contribution in [0, 0.1) is 5.82 Å². The maximum Gasteiger partial charge on any atom is 0.255 e. The van der Waals surface area contributed by atoms with Crippen molar-refractivity contribution >= 4 is 5.91 Å². The number of carbonyl (C=O) groups is 1. The number of halogens is 1. The molecule has 1 aromatic rings. The molecule has 1 aromatic carbocycles. The zero-order valence-corrected chi connectivity index (χ0v) is 14.0. The van der Waals surface area contributed by atoms with E-state index in [1.54, 1.807) is 0 Å². The van der Waals surface area contributed by atoms with Gasteiger partial charge in [0.1, 0.15) is 11.6 Å². The molecule has 2 N–H and O–H groups in total. The van der Waals surface area contributed by atoms with Crippen LogP contribution in [0.25, 0.3) is 0 Å². The van der Waals surface area contributed by atoms with Crippen LogP contribution in [0.2, 0.25) is 0 Å². The molecule has 1 saturated carbocycles. The van der Waals surface area contributed by atoms with Gasteiger partial charge in [0.05, 0.1) is 24.8 Å². The van der Waals surface area contributed by atoms with Crippen molar-refractivity contribution in [2.45, 2.75) is 50.3 Å². The second-order valence-electron chi connectivity index (χ2n) is 6.66. The number of ether oxygens (including phenoxy) is 1. The van der Waals surface area contributed by atoms with Gasteiger partial charge in [-0.3, -0.25) is 9.69 Å². The Labute approximate surface area is 141 Å². The molecule has 24 heavy (non-hydrogen) atoms. The second kappa shape index (κ2) is 7.49. The van der Waals surface area contributed by atoms with Gasteiger partial charge >= 0.3 is 0 Å². The van der Waals surface area contributed by atoms with Crippen molar-refractivity contribution in [1.29, 1.82) is 0 Å². The van der Waals surface area contributed by atoms with Gasteiger partial charge in [0.25, 0.3) is 5.91 Å². The Morgan fingerprint density at radius 3 is 2.75 bits per heavy atom. The van der Waals surface area contributed by atoms with Crippen LogP contribution in [0.1, 0.15) is 42.5 Å². The second-order valence-corrected chi connectivity index (χ2v) is 6.66. The summed E-state index contributed by atoms with van der Waals surface area (Å²) in [6.45, 7) is 2.03. The molecule has 1 amide bonds. The maximum absolute atomic E-state index is 13.5.